The first kappa shape index (κ1) is 13.8. The van der Waals surface area contributed by atoms with Gasteiger partial charge in [0.05, 0.1) is 0 Å². The van der Waals surface area contributed by atoms with Crippen LogP contribution in [0.15, 0.2) is 24.3 Å². The van der Waals surface area contributed by atoms with Crippen LogP contribution in [0.25, 0.3) is 0 Å². The van der Waals surface area contributed by atoms with Crippen molar-refractivity contribution in [3.8, 4) is 0 Å². The van der Waals surface area contributed by atoms with Gasteiger partial charge in [0.25, 0.3) is 0 Å². The lowest BCUT2D eigenvalue weighted by Crippen LogP contribution is -2.30. The van der Waals surface area contributed by atoms with Crippen LogP contribution in [0.3, 0.4) is 0 Å². The number of carbonyl (C=O) groups excluding carboxylic acids is 1. The summed E-state index contributed by atoms with van der Waals surface area (Å²) in [5.74, 6) is 0.113. The van der Waals surface area contributed by atoms with Crippen LogP contribution in [-0.2, 0) is 4.79 Å². The lowest BCUT2D eigenvalue weighted by Gasteiger charge is -2.21. The molecule has 1 aliphatic carbocycles. The molecular formula is C14H19N3OS. The largest absolute Gasteiger partial charge is 0.389 e. The molecule has 0 heterocycles. The average molecular weight is 277 g/mol. The Bertz CT molecular complexity index is 485. The van der Waals surface area contributed by atoms with Crippen LogP contribution < -0.4 is 16.0 Å². The number of nitrogens with zero attached hydrogens (tertiary/aromatic N) is 1. The number of para-hydroxylation sites is 1. The van der Waals surface area contributed by atoms with Gasteiger partial charge >= 0.3 is 0 Å². The van der Waals surface area contributed by atoms with Gasteiger partial charge in [-0.1, -0.05) is 24.4 Å². The summed E-state index contributed by atoms with van der Waals surface area (Å²) >= 11 is 5.04. The lowest BCUT2D eigenvalue weighted by molar-refractivity contribution is -0.121. The van der Waals surface area contributed by atoms with Crippen molar-refractivity contribution < 1.29 is 4.79 Å². The fourth-order valence-corrected chi connectivity index (χ4v) is 2.10. The molecule has 0 unspecified atom stereocenters. The maximum atomic E-state index is 11.7. The molecule has 0 aliphatic heterocycles. The Morgan fingerprint density at radius 2 is 2.16 bits per heavy atom. The van der Waals surface area contributed by atoms with E-state index < -0.39 is 0 Å². The van der Waals surface area contributed by atoms with Gasteiger partial charge in [-0.05, 0) is 25.0 Å². The molecule has 1 fully saturated rings. The van der Waals surface area contributed by atoms with Gasteiger partial charge < -0.3 is 16.0 Å². The first-order valence-electron chi connectivity index (χ1n) is 6.47. The minimum absolute atomic E-state index is 0.113. The maximum absolute atomic E-state index is 11.7. The molecular weight excluding hydrogens is 258 g/mol. The molecule has 1 amide bonds. The summed E-state index contributed by atoms with van der Waals surface area (Å²) in [6.45, 7) is 0.651. The molecule has 5 heteroatoms. The fraction of sp³-hybridized carbons (Fsp3) is 0.429. The Morgan fingerprint density at radius 3 is 2.79 bits per heavy atom. The normalized spacial score (nSPS) is 13.9. The van der Waals surface area contributed by atoms with Gasteiger partial charge in [-0.3, -0.25) is 4.79 Å². The molecule has 1 aromatic carbocycles. The molecule has 0 bridgehead atoms. The number of nitrogens with one attached hydrogen (secondary N) is 1. The lowest BCUT2D eigenvalue weighted by atomic mass is 10.1. The zero-order chi connectivity index (χ0) is 13.8. The maximum Gasteiger partial charge on any atom is 0.221 e. The number of carbonyl (C=O) groups is 1. The number of anilines is 1. The fourth-order valence-electron chi connectivity index (χ4n) is 1.93. The van der Waals surface area contributed by atoms with Crippen molar-refractivity contribution >= 4 is 28.8 Å². The molecule has 0 saturated heterocycles. The summed E-state index contributed by atoms with van der Waals surface area (Å²) in [7, 11) is 1.95. The molecule has 1 aromatic rings. The molecule has 0 radical (unpaired) electrons. The molecule has 102 valence electrons. The second-order valence-electron chi connectivity index (χ2n) is 4.89. The van der Waals surface area contributed by atoms with Gasteiger partial charge in [-0.2, -0.15) is 0 Å². The summed E-state index contributed by atoms with van der Waals surface area (Å²) in [6.07, 6.45) is 2.72. The van der Waals surface area contributed by atoms with E-state index in [-0.39, 0.29) is 5.91 Å². The Morgan fingerprint density at radius 1 is 1.47 bits per heavy atom. The van der Waals surface area contributed by atoms with Crippen LogP contribution in [0, 0.1) is 0 Å². The van der Waals surface area contributed by atoms with E-state index >= 15 is 0 Å². The van der Waals surface area contributed by atoms with Crippen molar-refractivity contribution in [2.75, 3.05) is 18.5 Å². The Labute approximate surface area is 119 Å². The average Bonchev–Trinajstić information content (AvgIpc) is 3.19. The Hall–Kier alpha value is -1.62. The van der Waals surface area contributed by atoms with Gasteiger partial charge in [-0.25, -0.2) is 0 Å². The minimum atomic E-state index is 0.113. The van der Waals surface area contributed by atoms with E-state index in [1.807, 2.05) is 36.2 Å². The first-order chi connectivity index (χ1) is 9.08. The smallest absolute Gasteiger partial charge is 0.221 e. The predicted octanol–water partition coefficient (Wildman–Crippen LogP) is 1.43. The third-order valence-corrected chi connectivity index (χ3v) is 3.42. The Balaban J connectivity index is 1.93. The second kappa shape index (κ2) is 6.02. The highest BCUT2D eigenvalue weighted by Gasteiger charge is 2.23. The Kier molecular flexibility index (Phi) is 4.37. The number of thiocarbonyl (C=S) groups is 1. The van der Waals surface area contributed by atoms with E-state index in [2.05, 4.69) is 5.32 Å². The second-order valence-corrected chi connectivity index (χ2v) is 5.33. The first-order valence-corrected chi connectivity index (χ1v) is 6.88. The zero-order valence-corrected chi connectivity index (χ0v) is 11.9. The number of nitrogens with two attached hydrogens (primary N) is 1. The molecule has 1 saturated carbocycles. The number of hydrogen-bond donors (Lipinski definition) is 2. The summed E-state index contributed by atoms with van der Waals surface area (Å²) in [6, 6.07) is 8.14. The third kappa shape index (κ3) is 3.92. The van der Waals surface area contributed by atoms with Crippen LogP contribution in [0.2, 0.25) is 0 Å². The van der Waals surface area contributed by atoms with Crippen molar-refractivity contribution in [2.24, 2.45) is 5.73 Å². The van der Waals surface area contributed by atoms with Crippen molar-refractivity contribution in [3.63, 3.8) is 0 Å². The predicted molar refractivity (Wildman–Crippen MR) is 81.4 cm³/mol. The molecule has 1 aliphatic rings. The van der Waals surface area contributed by atoms with E-state index in [1.54, 1.807) is 0 Å². The van der Waals surface area contributed by atoms with Gasteiger partial charge in [-0.15, -0.1) is 0 Å². The van der Waals surface area contributed by atoms with E-state index in [1.165, 1.54) is 0 Å². The van der Waals surface area contributed by atoms with Crippen molar-refractivity contribution in [2.45, 2.75) is 25.3 Å². The van der Waals surface area contributed by atoms with Gasteiger partial charge in [0.15, 0.2) is 0 Å². The SMILES string of the molecule is CN(CCC(=O)NC1CC1)c1ccccc1C(N)=S. The molecule has 0 aromatic heterocycles. The number of amides is 1. The third-order valence-electron chi connectivity index (χ3n) is 3.20. The number of rotatable bonds is 6. The van der Waals surface area contributed by atoms with Gasteiger partial charge in [0, 0.05) is 37.3 Å². The summed E-state index contributed by atoms with van der Waals surface area (Å²) in [5, 5.41) is 2.98. The van der Waals surface area contributed by atoms with E-state index in [0.717, 1.165) is 24.1 Å². The summed E-state index contributed by atoms with van der Waals surface area (Å²) in [4.78, 5) is 14.1. The molecule has 0 spiro atoms. The topological polar surface area (TPSA) is 58.4 Å². The molecule has 2 rings (SSSR count). The molecule has 0 atom stereocenters. The van der Waals surface area contributed by atoms with Gasteiger partial charge in [0.2, 0.25) is 5.91 Å². The standard InChI is InChI=1S/C14H19N3OS/c1-17(9-8-13(18)16-10-6-7-10)12-5-3-2-4-11(12)14(15)19/h2-5,10H,6-9H2,1H3,(H2,15,19)(H,16,18). The number of benzene rings is 1. The zero-order valence-electron chi connectivity index (χ0n) is 11.1. The van der Waals surface area contributed by atoms with E-state index in [9.17, 15) is 4.79 Å². The van der Waals surface area contributed by atoms with Crippen molar-refractivity contribution in [1.82, 2.24) is 5.32 Å². The summed E-state index contributed by atoms with van der Waals surface area (Å²) < 4.78 is 0. The van der Waals surface area contributed by atoms with Crippen LogP contribution in [0.5, 0.6) is 0 Å². The van der Waals surface area contributed by atoms with Crippen molar-refractivity contribution in [3.05, 3.63) is 29.8 Å². The van der Waals surface area contributed by atoms with E-state index in [0.29, 0.717) is 24.0 Å². The highest BCUT2D eigenvalue weighted by molar-refractivity contribution is 7.80. The van der Waals surface area contributed by atoms with E-state index in [4.69, 9.17) is 18.0 Å². The quantitative estimate of drug-likeness (QED) is 0.772. The van der Waals surface area contributed by atoms with Crippen LogP contribution in [0.4, 0.5) is 5.69 Å². The summed E-state index contributed by atoms with van der Waals surface area (Å²) in [5.41, 5.74) is 7.52. The van der Waals surface area contributed by atoms with Crippen molar-refractivity contribution in [1.29, 1.82) is 0 Å². The van der Waals surface area contributed by atoms with Gasteiger partial charge in [0.1, 0.15) is 4.99 Å². The van der Waals surface area contributed by atoms with Crippen LogP contribution in [-0.4, -0.2) is 30.5 Å². The highest BCUT2D eigenvalue weighted by atomic mass is 32.1. The minimum Gasteiger partial charge on any atom is -0.389 e. The highest BCUT2D eigenvalue weighted by Crippen LogP contribution is 2.20. The van der Waals surface area contributed by atoms with Crippen LogP contribution in [0.1, 0.15) is 24.8 Å². The molecule has 4 nitrogen and oxygen atoms in total. The van der Waals surface area contributed by atoms with Crippen LogP contribution >= 0.6 is 12.2 Å². The molecule has 19 heavy (non-hydrogen) atoms. The number of hydrogen-bond acceptors (Lipinski definition) is 3. The molecule has 3 N–H and O–H groups in total. The monoisotopic (exact) mass is 277 g/mol.